The number of benzene rings is 2. The fraction of sp³-hybridized carbons (Fsp3) is 0.278. The number of amides is 1. The summed E-state index contributed by atoms with van der Waals surface area (Å²) in [5, 5.41) is 2.71. The van der Waals surface area contributed by atoms with Crippen molar-refractivity contribution in [1.82, 2.24) is 5.32 Å². The van der Waals surface area contributed by atoms with E-state index in [2.05, 4.69) is 29.6 Å². The van der Waals surface area contributed by atoms with E-state index in [0.29, 0.717) is 6.54 Å². The summed E-state index contributed by atoms with van der Waals surface area (Å²) >= 11 is 0. The van der Waals surface area contributed by atoms with E-state index in [9.17, 15) is 13.6 Å². The Hall–Kier alpha value is -2.43. The molecule has 0 aliphatic carbocycles. The van der Waals surface area contributed by atoms with Crippen LogP contribution in [0.25, 0.3) is 0 Å². The Morgan fingerprint density at radius 2 is 1.74 bits per heavy atom. The third-order valence-electron chi connectivity index (χ3n) is 3.56. The third-order valence-corrected chi connectivity index (χ3v) is 3.56. The molecule has 1 N–H and O–H groups in total. The zero-order chi connectivity index (χ0) is 16.8. The molecular formula is C18H20F2N2O. The first-order valence-corrected chi connectivity index (χ1v) is 7.47. The van der Waals surface area contributed by atoms with Gasteiger partial charge in [0, 0.05) is 31.9 Å². The number of halogens is 2. The maximum absolute atomic E-state index is 13.1. The standard InChI is InChI=1S/C18H20F2N2O/c1-22(2)15-8-5-13(6-9-15)4-3-11-21-18(23)14-7-10-16(19)17(20)12-14/h5-10,12H,3-4,11H2,1-2H3,(H,21,23). The molecule has 23 heavy (non-hydrogen) atoms. The van der Waals surface area contributed by atoms with Gasteiger partial charge < -0.3 is 10.2 Å². The predicted octanol–water partition coefficient (Wildman–Crippen LogP) is 3.39. The predicted molar refractivity (Wildman–Crippen MR) is 87.8 cm³/mol. The maximum Gasteiger partial charge on any atom is 0.251 e. The monoisotopic (exact) mass is 318 g/mol. The minimum Gasteiger partial charge on any atom is -0.378 e. The molecule has 0 aliphatic rings. The SMILES string of the molecule is CN(C)c1ccc(CCCNC(=O)c2ccc(F)c(F)c2)cc1. The van der Waals surface area contributed by atoms with Gasteiger partial charge in [-0.1, -0.05) is 12.1 Å². The summed E-state index contributed by atoms with van der Waals surface area (Å²) in [7, 11) is 3.98. The Morgan fingerprint density at radius 3 is 2.35 bits per heavy atom. The van der Waals surface area contributed by atoms with E-state index in [1.165, 1.54) is 11.6 Å². The summed E-state index contributed by atoms with van der Waals surface area (Å²) in [6.07, 6.45) is 1.61. The molecule has 2 aromatic carbocycles. The van der Waals surface area contributed by atoms with Gasteiger partial charge in [0.1, 0.15) is 0 Å². The van der Waals surface area contributed by atoms with Gasteiger partial charge in [-0.3, -0.25) is 4.79 Å². The zero-order valence-corrected chi connectivity index (χ0v) is 13.3. The molecule has 0 saturated heterocycles. The van der Waals surface area contributed by atoms with Crippen LogP contribution in [0.2, 0.25) is 0 Å². The van der Waals surface area contributed by atoms with Crippen LogP contribution in [-0.4, -0.2) is 26.5 Å². The molecule has 3 nitrogen and oxygen atoms in total. The number of rotatable bonds is 6. The molecule has 2 aromatic rings. The Bertz CT molecular complexity index is 669. The van der Waals surface area contributed by atoms with E-state index in [1.807, 2.05) is 19.0 Å². The van der Waals surface area contributed by atoms with E-state index >= 15 is 0 Å². The molecule has 0 bridgehead atoms. The molecule has 0 aromatic heterocycles. The molecule has 0 saturated carbocycles. The van der Waals surface area contributed by atoms with E-state index in [1.54, 1.807) is 0 Å². The lowest BCUT2D eigenvalue weighted by atomic mass is 10.1. The van der Waals surface area contributed by atoms with Crippen LogP contribution in [-0.2, 0) is 6.42 Å². The van der Waals surface area contributed by atoms with Gasteiger partial charge in [0.2, 0.25) is 0 Å². The van der Waals surface area contributed by atoms with Gasteiger partial charge in [-0.05, 0) is 48.7 Å². The van der Waals surface area contributed by atoms with Crippen molar-refractivity contribution in [3.63, 3.8) is 0 Å². The van der Waals surface area contributed by atoms with Gasteiger partial charge in [0.15, 0.2) is 11.6 Å². The highest BCUT2D eigenvalue weighted by Gasteiger charge is 2.09. The van der Waals surface area contributed by atoms with E-state index < -0.39 is 17.5 Å². The number of carbonyl (C=O) groups excluding carboxylic acids is 1. The summed E-state index contributed by atoms with van der Waals surface area (Å²) < 4.78 is 25.9. The van der Waals surface area contributed by atoms with Crippen LogP contribution in [0.5, 0.6) is 0 Å². The molecule has 0 spiro atoms. The van der Waals surface area contributed by atoms with Gasteiger partial charge in [0.25, 0.3) is 5.91 Å². The highest BCUT2D eigenvalue weighted by atomic mass is 19.2. The van der Waals surface area contributed by atoms with Crippen LogP contribution in [0.4, 0.5) is 14.5 Å². The van der Waals surface area contributed by atoms with Crippen molar-refractivity contribution >= 4 is 11.6 Å². The summed E-state index contributed by atoms with van der Waals surface area (Å²) in [5.74, 6) is -2.37. The van der Waals surface area contributed by atoms with Crippen molar-refractivity contribution in [2.24, 2.45) is 0 Å². The molecule has 0 unspecified atom stereocenters. The lowest BCUT2D eigenvalue weighted by Gasteiger charge is -2.12. The minimum atomic E-state index is -1.02. The molecule has 2 rings (SSSR count). The number of hydrogen-bond acceptors (Lipinski definition) is 2. The van der Waals surface area contributed by atoms with Crippen molar-refractivity contribution < 1.29 is 13.6 Å². The Labute approximate surface area is 134 Å². The quantitative estimate of drug-likeness (QED) is 0.828. The summed E-state index contributed by atoms with van der Waals surface area (Å²) in [6, 6.07) is 11.4. The van der Waals surface area contributed by atoms with Gasteiger partial charge in [0.05, 0.1) is 0 Å². The van der Waals surface area contributed by atoms with Gasteiger partial charge in [-0.15, -0.1) is 0 Å². The van der Waals surface area contributed by atoms with Crippen LogP contribution in [0.15, 0.2) is 42.5 Å². The first-order valence-electron chi connectivity index (χ1n) is 7.47. The lowest BCUT2D eigenvalue weighted by molar-refractivity contribution is 0.0952. The average Bonchev–Trinajstić information content (AvgIpc) is 2.54. The fourth-order valence-corrected chi connectivity index (χ4v) is 2.19. The molecule has 0 radical (unpaired) electrons. The molecule has 1 amide bonds. The second-order valence-corrected chi connectivity index (χ2v) is 5.55. The maximum atomic E-state index is 13.1. The Kier molecular flexibility index (Phi) is 5.68. The van der Waals surface area contributed by atoms with Crippen molar-refractivity contribution in [1.29, 1.82) is 0 Å². The third kappa shape index (κ3) is 4.77. The largest absolute Gasteiger partial charge is 0.378 e. The highest BCUT2D eigenvalue weighted by molar-refractivity contribution is 5.94. The van der Waals surface area contributed by atoms with Gasteiger partial charge in [-0.2, -0.15) is 0 Å². The van der Waals surface area contributed by atoms with E-state index in [-0.39, 0.29) is 5.56 Å². The summed E-state index contributed by atoms with van der Waals surface area (Å²) in [5.41, 5.74) is 2.46. The molecule has 0 fully saturated rings. The molecule has 122 valence electrons. The van der Waals surface area contributed by atoms with Crippen molar-refractivity contribution in [2.75, 3.05) is 25.5 Å². The first-order chi connectivity index (χ1) is 11.0. The van der Waals surface area contributed by atoms with Crippen LogP contribution in [0.1, 0.15) is 22.3 Å². The van der Waals surface area contributed by atoms with E-state index in [4.69, 9.17) is 0 Å². The number of anilines is 1. The topological polar surface area (TPSA) is 32.3 Å². The molecule has 0 aliphatic heterocycles. The van der Waals surface area contributed by atoms with E-state index in [0.717, 1.165) is 30.7 Å². The zero-order valence-electron chi connectivity index (χ0n) is 13.3. The van der Waals surface area contributed by atoms with Crippen molar-refractivity contribution in [2.45, 2.75) is 12.8 Å². The van der Waals surface area contributed by atoms with Crippen LogP contribution >= 0.6 is 0 Å². The van der Waals surface area contributed by atoms with Gasteiger partial charge in [-0.25, -0.2) is 8.78 Å². The number of hydrogen-bond donors (Lipinski definition) is 1. The number of carbonyl (C=O) groups is 1. The van der Waals surface area contributed by atoms with Crippen LogP contribution < -0.4 is 10.2 Å². The smallest absolute Gasteiger partial charge is 0.251 e. The van der Waals surface area contributed by atoms with Crippen molar-refractivity contribution in [3.05, 3.63) is 65.2 Å². The number of nitrogens with one attached hydrogen (secondary N) is 1. The van der Waals surface area contributed by atoms with Crippen molar-refractivity contribution in [3.8, 4) is 0 Å². The minimum absolute atomic E-state index is 0.124. The molecular weight excluding hydrogens is 298 g/mol. The Balaban J connectivity index is 1.78. The average molecular weight is 318 g/mol. The summed E-state index contributed by atoms with van der Waals surface area (Å²) in [6.45, 7) is 0.479. The number of aryl methyl sites for hydroxylation is 1. The number of nitrogens with zero attached hydrogens (tertiary/aromatic N) is 1. The second-order valence-electron chi connectivity index (χ2n) is 5.55. The second kappa shape index (κ2) is 7.72. The molecule has 0 atom stereocenters. The van der Waals surface area contributed by atoms with Gasteiger partial charge >= 0.3 is 0 Å². The van der Waals surface area contributed by atoms with Crippen LogP contribution in [0.3, 0.4) is 0 Å². The molecule has 5 heteroatoms. The normalized spacial score (nSPS) is 10.4. The fourth-order valence-electron chi connectivity index (χ4n) is 2.19. The highest BCUT2D eigenvalue weighted by Crippen LogP contribution is 2.13. The van der Waals surface area contributed by atoms with Crippen LogP contribution in [0, 0.1) is 11.6 Å². The first kappa shape index (κ1) is 16.9. The summed E-state index contributed by atoms with van der Waals surface area (Å²) in [4.78, 5) is 13.9. The molecule has 0 heterocycles. The Morgan fingerprint density at radius 1 is 1.04 bits per heavy atom. The lowest BCUT2D eigenvalue weighted by Crippen LogP contribution is -2.25.